The van der Waals surface area contributed by atoms with E-state index in [2.05, 4.69) is 5.32 Å². The largest absolute Gasteiger partial charge is 0.478 e. The molecule has 1 saturated heterocycles. The molecule has 1 aliphatic rings. The first-order chi connectivity index (χ1) is 9.99. The van der Waals surface area contributed by atoms with Gasteiger partial charge in [0.2, 0.25) is 0 Å². The molecule has 1 aliphatic heterocycles. The number of aliphatic hydroxyl groups is 1. The fraction of sp³-hybridized carbons (Fsp3) is 0.467. The van der Waals surface area contributed by atoms with Crippen molar-refractivity contribution in [2.45, 2.75) is 38.5 Å². The second kappa shape index (κ2) is 6.58. The summed E-state index contributed by atoms with van der Waals surface area (Å²) in [5, 5.41) is 21.4. The predicted molar refractivity (Wildman–Crippen MR) is 77.0 cm³/mol. The number of urea groups is 1. The van der Waals surface area contributed by atoms with E-state index < -0.39 is 12.1 Å². The molecule has 0 aromatic heterocycles. The summed E-state index contributed by atoms with van der Waals surface area (Å²) >= 11 is 0. The number of piperidine rings is 1. The van der Waals surface area contributed by atoms with Gasteiger partial charge in [-0.15, -0.1) is 0 Å². The summed E-state index contributed by atoms with van der Waals surface area (Å²) in [5.74, 6) is -0.971. The molecule has 3 N–H and O–H groups in total. The first-order valence-corrected chi connectivity index (χ1v) is 7.04. The van der Waals surface area contributed by atoms with Crippen LogP contribution in [-0.4, -0.2) is 45.8 Å². The monoisotopic (exact) mass is 292 g/mol. The van der Waals surface area contributed by atoms with Crippen LogP contribution in [0.3, 0.4) is 0 Å². The van der Waals surface area contributed by atoms with E-state index in [-0.39, 0.29) is 17.6 Å². The Balaban J connectivity index is 1.90. The van der Waals surface area contributed by atoms with Crippen LogP contribution >= 0.6 is 0 Å². The number of carboxylic acid groups (broad SMARTS) is 1. The van der Waals surface area contributed by atoms with E-state index >= 15 is 0 Å². The minimum Gasteiger partial charge on any atom is -0.478 e. The zero-order chi connectivity index (χ0) is 15.4. The highest BCUT2D eigenvalue weighted by molar-refractivity contribution is 5.87. The van der Waals surface area contributed by atoms with Crippen LogP contribution in [0.5, 0.6) is 0 Å². The smallest absolute Gasteiger partial charge is 0.335 e. The lowest BCUT2D eigenvalue weighted by molar-refractivity contribution is 0.0389. The molecule has 0 aliphatic carbocycles. The number of amides is 2. The van der Waals surface area contributed by atoms with Gasteiger partial charge in [-0.05, 0) is 37.5 Å². The molecule has 1 fully saturated rings. The Labute approximate surface area is 123 Å². The number of carboxylic acids is 1. The zero-order valence-corrected chi connectivity index (χ0v) is 12.0. The molecule has 0 spiro atoms. The highest BCUT2D eigenvalue weighted by atomic mass is 16.4. The summed E-state index contributed by atoms with van der Waals surface area (Å²) in [6, 6.07) is 5.99. The second-order valence-electron chi connectivity index (χ2n) is 5.30. The van der Waals surface area contributed by atoms with Crippen molar-refractivity contribution in [2.75, 3.05) is 6.54 Å². The Morgan fingerprint density at radius 3 is 2.62 bits per heavy atom. The maximum absolute atomic E-state index is 12.1. The summed E-state index contributed by atoms with van der Waals surface area (Å²) in [4.78, 5) is 24.5. The predicted octanol–water partition coefficient (Wildman–Crippen LogP) is 1.44. The highest BCUT2D eigenvalue weighted by Crippen LogP contribution is 2.17. The maximum atomic E-state index is 12.1. The highest BCUT2D eigenvalue weighted by Gasteiger charge is 2.29. The summed E-state index contributed by atoms with van der Waals surface area (Å²) < 4.78 is 0. The van der Waals surface area contributed by atoms with Crippen LogP contribution < -0.4 is 5.32 Å². The number of rotatable bonds is 3. The summed E-state index contributed by atoms with van der Waals surface area (Å²) in [6.45, 7) is 2.81. The Kier molecular flexibility index (Phi) is 4.80. The fourth-order valence-corrected chi connectivity index (χ4v) is 2.45. The molecule has 1 heterocycles. The van der Waals surface area contributed by atoms with Gasteiger partial charge < -0.3 is 20.4 Å². The van der Waals surface area contributed by atoms with Crippen molar-refractivity contribution in [1.82, 2.24) is 10.2 Å². The van der Waals surface area contributed by atoms with E-state index in [0.29, 0.717) is 13.1 Å². The summed E-state index contributed by atoms with van der Waals surface area (Å²) in [6.07, 6.45) is 1.05. The quantitative estimate of drug-likeness (QED) is 0.786. The first kappa shape index (κ1) is 15.3. The number of nitrogens with zero attached hydrogens (tertiary/aromatic N) is 1. The topological polar surface area (TPSA) is 89.9 Å². The minimum atomic E-state index is -0.971. The Morgan fingerprint density at radius 2 is 2.00 bits per heavy atom. The van der Waals surface area contributed by atoms with Gasteiger partial charge in [0.05, 0.1) is 17.7 Å². The van der Waals surface area contributed by atoms with Crippen molar-refractivity contribution in [3.63, 3.8) is 0 Å². The van der Waals surface area contributed by atoms with E-state index in [1.807, 2.05) is 6.92 Å². The van der Waals surface area contributed by atoms with Crippen molar-refractivity contribution in [1.29, 1.82) is 0 Å². The normalized spacial score (nSPS) is 21.9. The van der Waals surface area contributed by atoms with Crippen LogP contribution in [0.4, 0.5) is 4.79 Å². The number of aliphatic hydroxyl groups excluding tert-OH is 1. The van der Waals surface area contributed by atoms with Crippen LogP contribution in [0.1, 0.15) is 35.7 Å². The van der Waals surface area contributed by atoms with Gasteiger partial charge in [0, 0.05) is 13.1 Å². The summed E-state index contributed by atoms with van der Waals surface area (Å²) in [5.41, 5.74) is 1.05. The standard InChI is InChI=1S/C15H20N2O4/c1-10-13(18)3-2-8-17(10)15(21)16-9-11-4-6-12(7-5-11)14(19)20/h4-7,10,13,18H,2-3,8-9H2,1H3,(H,16,21)(H,19,20). The number of likely N-dealkylation sites (tertiary alicyclic amines) is 1. The van der Waals surface area contributed by atoms with Gasteiger partial charge in [-0.3, -0.25) is 0 Å². The van der Waals surface area contributed by atoms with Gasteiger partial charge in [-0.25, -0.2) is 9.59 Å². The maximum Gasteiger partial charge on any atom is 0.335 e. The number of nitrogens with one attached hydrogen (secondary N) is 1. The van der Waals surface area contributed by atoms with Crippen LogP contribution in [0.25, 0.3) is 0 Å². The van der Waals surface area contributed by atoms with Gasteiger partial charge in [0.15, 0.2) is 0 Å². The van der Waals surface area contributed by atoms with Gasteiger partial charge in [-0.1, -0.05) is 12.1 Å². The van der Waals surface area contributed by atoms with E-state index in [0.717, 1.165) is 18.4 Å². The van der Waals surface area contributed by atoms with Crippen LogP contribution in [0, 0.1) is 0 Å². The van der Waals surface area contributed by atoms with Crippen LogP contribution in [0.15, 0.2) is 24.3 Å². The Morgan fingerprint density at radius 1 is 1.33 bits per heavy atom. The van der Waals surface area contributed by atoms with Gasteiger partial charge in [0.25, 0.3) is 0 Å². The van der Waals surface area contributed by atoms with Crippen molar-refractivity contribution >= 4 is 12.0 Å². The molecule has 2 rings (SSSR count). The Bertz CT molecular complexity index is 515. The van der Waals surface area contributed by atoms with E-state index in [1.54, 1.807) is 17.0 Å². The number of aromatic carboxylic acids is 1. The minimum absolute atomic E-state index is 0.187. The molecule has 0 bridgehead atoms. The molecule has 114 valence electrons. The molecule has 1 aromatic rings. The van der Waals surface area contributed by atoms with Gasteiger partial charge in [-0.2, -0.15) is 0 Å². The first-order valence-electron chi connectivity index (χ1n) is 7.04. The lowest BCUT2D eigenvalue weighted by Crippen LogP contribution is -2.52. The molecular formula is C15H20N2O4. The molecule has 2 atom stereocenters. The molecule has 0 radical (unpaired) electrons. The lowest BCUT2D eigenvalue weighted by Gasteiger charge is -2.36. The number of hydrogen-bond acceptors (Lipinski definition) is 3. The zero-order valence-electron chi connectivity index (χ0n) is 12.0. The van der Waals surface area contributed by atoms with Crippen molar-refractivity contribution < 1.29 is 19.8 Å². The number of benzene rings is 1. The number of hydrogen-bond donors (Lipinski definition) is 3. The molecule has 6 nitrogen and oxygen atoms in total. The molecular weight excluding hydrogens is 272 g/mol. The average Bonchev–Trinajstić information content (AvgIpc) is 2.48. The molecule has 0 saturated carbocycles. The summed E-state index contributed by atoms with van der Waals surface area (Å²) in [7, 11) is 0. The van der Waals surface area contributed by atoms with Crippen molar-refractivity contribution in [3.8, 4) is 0 Å². The fourth-order valence-electron chi connectivity index (χ4n) is 2.45. The third-order valence-electron chi connectivity index (χ3n) is 3.85. The van der Waals surface area contributed by atoms with Crippen LogP contribution in [0.2, 0.25) is 0 Å². The molecule has 6 heteroatoms. The van der Waals surface area contributed by atoms with Crippen molar-refractivity contribution in [3.05, 3.63) is 35.4 Å². The lowest BCUT2D eigenvalue weighted by atomic mass is 10.0. The number of carbonyl (C=O) groups excluding carboxylic acids is 1. The van der Waals surface area contributed by atoms with Crippen LogP contribution in [-0.2, 0) is 6.54 Å². The Hall–Kier alpha value is -2.08. The third kappa shape index (κ3) is 3.72. The van der Waals surface area contributed by atoms with Gasteiger partial charge in [0.1, 0.15) is 0 Å². The van der Waals surface area contributed by atoms with E-state index in [4.69, 9.17) is 5.11 Å². The molecule has 2 amide bonds. The number of carbonyl (C=O) groups is 2. The SMILES string of the molecule is CC1C(O)CCCN1C(=O)NCc1ccc(C(=O)O)cc1. The molecule has 1 aromatic carbocycles. The third-order valence-corrected chi connectivity index (χ3v) is 3.85. The van der Waals surface area contributed by atoms with E-state index in [9.17, 15) is 14.7 Å². The second-order valence-corrected chi connectivity index (χ2v) is 5.30. The van der Waals surface area contributed by atoms with Crippen molar-refractivity contribution in [2.24, 2.45) is 0 Å². The molecule has 21 heavy (non-hydrogen) atoms. The van der Waals surface area contributed by atoms with Gasteiger partial charge >= 0.3 is 12.0 Å². The van der Waals surface area contributed by atoms with E-state index in [1.165, 1.54) is 12.1 Å². The molecule has 2 unspecified atom stereocenters. The average molecular weight is 292 g/mol.